The summed E-state index contributed by atoms with van der Waals surface area (Å²) in [6.07, 6.45) is 9.41. The molecule has 0 unspecified atom stereocenters. The third kappa shape index (κ3) is 5.12. The van der Waals surface area contributed by atoms with Gasteiger partial charge in [-0.1, -0.05) is 13.0 Å². The van der Waals surface area contributed by atoms with E-state index in [1.165, 1.54) is 23.2 Å². The number of rotatable bonds is 2. The van der Waals surface area contributed by atoms with Gasteiger partial charge in [-0.05, 0) is 54.9 Å². The predicted octanol–water partition coefficient (Wildman–Crippen LogP) is 4.23. The molecule has 1 N–H and O–H groups in total. The van der Waals surface area contributed by atoms with Gasteiger partial charge in [0.15, 0.2) is 5.82 Å². The lowest BCUT2D eigenvalue weighted by Gasteiger charge is -2.29. The lowest BCUT2D eigenvalue weighted by molar-refractivity contribution is -0.129. The van der Waals surface area contributed by atoms with Crippen LogP contribution in [-0.2, 0) is 36.0 Å². The van der Waals surface area contributed by atoms with Gasteiger partial charge >= 0.3 is 0 Å². The van der Waals surface area contributed by atoms with Gasteiger partial charge in [0.1, 0.15) is 0 Å². The number of fused-ring (bicyclic) bond motifs is 2. The molecule has 35 heavy (non-hydrogen) atoms. The van der Waals surface area contributed by atoms with E-state index in [0.717, 1.165) is 80.5 Å². The molecule has 0 spiro atoms. The summed E-state index contributed by atoms with van der Waals surface area (Å²) in [6.45, 7) is 8.17. The second kappa shape index (κ2) is 10.2. The van der Waals surface area contributed by atoms with Crippen LogP contribution < -0.4 is 4.90 Å². The minimum atomic E-state index is 0.125. The van der Waals surface area contributed by atoms with Gasteiger partial charge in [0, 0.05) is 75.4 Å². The number of carbonyl (C=O) groups excluding carboxylic acids is 1. The van der Waals surface area contributed by atoms with Crippen molar-refractivity contribution in [3.05, 3.63) is 47.4 Å². The second-order valence-electron chi connectivity index (χ2n) is 10.0. The predicted molar refractivity (Wildman–Crippen MR) is 137 cm³/mol. The smallest absolute Gasteiger partial charge is 0.219 e. The van der Waals surface area contributed by atoms with Crippen molar-refractivity contribution in [1.29, 1.82) is 0 Å². The average Bonchev–Trinajstić information content (AvgIpc) is 3.58. The van der Waals surface area contributed by atoms with Crippen LogP contribution in [0.15, 0.2) is 30.6 Å². The summed E-state index contributed by atoms with van der Waals surface area (Å²) in [5, 5.41) is 12.2. The maximum atomic E-state index is 11.9. The minimum Gasteiger partial charge on any atom is -0.381 e. The number of aromatic nitrogens is 4. The van der Waals surface area contributed by atoms with E-state index in [9.17, 15) is 4.79 Å². The number of aromatic amines is 1. The first kappa shape index (κ1) is 23.6. The van der Waals surface area contributed by atoms with Gasteiger partial charge in [-0.3, -0.25) is 14.6 Å². The minimum absolute atomic E-state index is 0.125. The van der Waals surface area contributed by atoms with E-state index in [1.54, 1.807) is 6.92 Å². The van der Waals surface area contributed by atoms with Crippen molar-refractivity contribution in [2.75, 3.05) is 31.2 Å². The van der Waals surface area contributed by atoms with Crippen LogP contribution in [0.4, 0.5) is 11.5 Å². The highest BCUT2D eigenvalue weighted by atomic mass is 16.5. The summed E-state index contributed by atoms with van der Waals surface area (Å²) in [5.41, 5.74) is 7.24. The number of carbonyl (C=O) groups is 1. The van der Waals surface area contributed by atoms with Crippen molar-refractivity contribution < 1.29 is 9.53 Å². The Kier molecular flexibility index (Phi) is 6.90. The second-order valence-corrected chi connectivity index (χ2v) is 10.0. The highest BCUT2D eigenvalue weighted by Gasteiger charge is 2.28. The summed E-state index contributed by atoms with van der Waals surface area (Å²) < 4.78 is 6.89. The van der Waals surface area contributed by atoms with Crippen molar-refractivity contribution >= 4 is 17.4 Å². The Hall–Kier alpha value is -3.13. The van der Waals surface area contributed by atoms with E-state index in [2.05, 4.69) is 51.5 Å². The summed E-state index contributed by atoms with van der Waals surface area (Å²) in [4.78, 5) is 16.2. The zero-order valence-electron chi connectivity index (χ0n) is 21.1. The number of ether oxygens (including phenoxy) is 1. The molecule has 1 fully saturated rings. The van der Waals surface area contributed by atoms with Crippen molar-refractivity contribution in [3.63, 3.8) is 0 Å². The quantitative estimate of drug-likeness (QED) is 0.599. The maximum absolute atomic E-state index is 11.9. The summed E-state index contributed by atoms with van der Waals surface area (Å²) >= 11 is 0. The van der Waals surface area contributed by atoms with Crippen LogP contribution in [0.3, 0.4) is 0 Å². The SMILES string of the molecule is CC(=O)N1CCc2[nH]nc(N3CCCCc4cc(-c5cnn(C)c5)ccc43)c2C1.C[C@H]1CCOC1. The van der Waals surface area contributed by atoms with Gasteiger partial charge < -0.3 is 14.5 Å². The van der Waals surface area contributed by atoms with Gasteiger partial charge in [-0.15, -0.1) is 0 Å². The highest BCUT2D eigenvalue weighted by molar-refractivity contribution is 5.76. The number of nitrogens with zero attached hydrogens (tertiary/aromatic N) is 5. The van der Waals surface area contributed by atoms with Crippen LogP contribution in [0, 0.1) is 5.92 Å². The lowest BCUT2D eigenvalue weighted by Crippen LogP contribution is -2.34. The van der Waals surface area contributed by atoms with Crippen molar-refractivity contribution in [2.24, 2.45) is 13.0 Å². The van der Waals surface area contributed by atoms with E-state index in [-0.39, 0.29) is 5.91 Å². The van der Waals surface area contributed by atoms with Crippen LogP contribution in [0.1, 0.15) is 49.9 Å². The molecular weight excluding hydrogens is 440 g/mol. The van der Waals surface area contributed by atoms with Crippen LogP contribution in [0.5, 0.6) is 0 Å². The molecule has 2 aromatic heterocycles. The number of hydrogen-bond donors (Lipinski definition) is 1. The maximum Gasteiger partial charge on any atom is 0.219 e. The lowest BCUT2D eigenvalue weighted by atomic mass is 10.0. The molecule has 1 atom stereocenters. The molecule has 1 aromatic carbocycles. The van der Waals surface area contributed by atoms with Gasteiger partial charge in [0.25, 0.3) is 0 Å². The molecule has 3 aliphatic rings. The number of amides is 1. The molecule has 1 amide bonds. The zero-order valence-corrected chi connectivity index (χ0v) is 21.1. The van der Waals surface area contributed by atoms with Gasteiger partial charge in [-0.2, -0.15) is 10.2 Å². The number of H-pyrrole nitrogens is 1. The number of nitrogens with one attached hydrogen (secondary N) is 1. The molecule has 0 aliphatic carbocycles. The molecule has 1 saturated heterocycles. The van der Waals surface area contributed by atoms with Gasteiger partial charge in [0.05, 0.1) is 12.7 Å². The Morgan fingerprint density at radius 2 is 2.06 bits per heavy atom. The molecule has 0 bridgehead atoms. The first-order valence-corrected chi connectivity index (χ1v) is 12.8. The van der Waals surface area contributed by atoms with Crippen molar-refractivity contribution in [1.82, 2.24) is 24.9 Å². The first-order valence-electron chi connectivity index (χ1n) is 12.8. The van der Waals surface area contributed by atoms with Crippen LogP contribution in [0.25, 0.3) is 11.1 Å². The van der Waals surface area contributed by atoms with Crippen LogP contribution >= 0.6 is 0 Å². The number of anilines is 2. The summed E-state index contributed by atoms with van der Waals surface area (Å²) in [5.74, 6) is 1.92. The molecule has 8 heteroatoms. The third-order valence-electron chi connectivity index (χ3n) is 7.26. The molecule has 3 aliphatic heterocycles. The monoisotopic (exact) mass is 476 g/mol. The van der Waals surface area contributed by atoms with Crippen LogP contribution in [-0.4, -0.2) is 57.1 Å². The molecule has 0 radical (unpaired) electrons. The third-order valence-corrected chi connectivity index (χ3v) is 7.26. The Labute approximate surface area is 207 Å². The molecule has 5 heterocycles. The standard InChI is InChI=1S/C22H26N6O.C5H10O/c1-15(29)27-10-8-20-19(14-27)22(25-24-20)28-9-4-3-5-17-11-16(6-7-21(17)28)18-12-23-26(2)13-18;1-5-2-3-6-4-5/h6-7,11-13H,3-5,8-10,14H2,1-2H3,(H,24,25);5H,2-4H2,1H3/t;5-/m.0/s1. The van der Waals surface area contributed by atoms with E-state index < -0.39 is 0 Å². The van der Waals surface area contributed by atoms with Crippen LogP contribution in [0.2, 0.25) is 0 Å². The number of benzene rings is 1. The average molecular weight is 477 g/mol. The van der Waals surface area contributed by atoms with Gasteiger partial charge in [-0.25, -0.2) is 0 Å². The molecular formula is C27H36N6O2. The van der Waals surface area contributed by atoms with E-state index >= 15 is 0 Å². The van der Waals surface area contributed by atoms with E-state index in [4.69, 9.17) is 4.74 Å². The summed E-state index contributed by atoms with van der Waals surface area (Å²) in [7, 11) is 1.94. The Morgan fingerprint density at radius 3 is 2.74 bits per heavy atom. The fraction of sp³-hybridized carbons (Fsp3) is 0.519. The molecule has 8 nitrogen and oxygen atoms in total. The fourth-order valence-corrected chi connectivity index (χ4v) is 5.15. The molecule has 3 aromatic rings. The first-order chi connectivity index (χ1) is 17.0. The Balaban J connectivity index is 0.000000371. The molecule has 0 saturated carbocycles. The zero-order chi connectivity index (χ0) is 24.4. The Morgan fingerprint density at radius 1 is 1.17 bits per heavy atom. The topological polar surface area (TPSA) is 79.3 Å². The molecule has 186 valence electrons. The van der Waals surface area contributed by atoms with E-state index in [1.807, 2.05) is 22.8 Å². The number of hydrogen-bond acceptors (Lipinski definition) is 5. The van der Waals surface area contributed by atoms with Gasteiger partial charge in [0.2, 0.25) is 5.91 Å². The summed E-state index contributed by atoms with van der Waals surface area (Å²) in [6, 6.07) is 6.69. The molecule has 6 rings (SSSR count). The number of aryl methyl sites for hydroxylation is 2. The van der Waals surface area contributed by atoms with E-state index in [0.29, 0.717) is 6.54 Å². The van der Waals surface area contributed by atoms with Crippen molar-refractivity contribution in [2.45, 2.75) is 52.5 Å². The fourth-order valence-electron chi connectivity index (χ4n) is 5.15. The largest absolute Gasteiger partial charge is 0.381 e. The van der Waals surface area contributed by atoms with Crippen molar-refractivity contribution in [3.8, 4) is 11.1 Å². The highest BCUT2D eigenvalue weighted by Crippen LogP contribution is 2.37. The normalized spacial score (nSPS) is 19.5. The Bertz CT molecular complexity index is 1180.